The van der Waals surface area contributed by atoms with Crippen molar-refractivity contribution in [3.63, 3.8) is 0 Å². The molecule has 10 rings (SSSR count). The molecular formula is C56H54BrN9O8. The summed E-state index contributed by atoms with van der Waals surface area (Å²) in [7, 11) is 2.02. The van der Waals surface area contributed by atoms with Crippen LogP contribution >= 0.6 is 15.9 Å². The maximum absolute atomic E-state index is 14.5. The lowest BCUT2D eigenvalue weighted by Crippen LogP contribution is -2.48. The zero-order chi connectivity index (χ0) is 51.5. The molecule has 378 valence electrons. The minimum absolute atomic E-state index is 0.0168. The number of rotatable bonds is 14. The second kappa shape index (κ2) is 21.5. The van der Waals surface area contributed by atoms with Crippen molar-refractivity contribution >= 4 is 90.6 Å². The summed E-state index contributed by atoms with van der Waals surface area (Å²) in [5, 5.41) is 14.0. The predicted octanol–water partition coefficient (Wildman–Crippen LogP) is 8.75. The first-order valence-corrected chi connectivity index (χ1v) is 25.6. The number of urea groups is 1. The van der Waals surface area contributed by atoms with Gasteiger partial charge in [-0.05, 0) is 102 Å². The number of primary amides is 1. The second-order valence-corrected chi connectivity index (χ2v) is 19.4. The Hall–Kier alpha value is -8.22. The molecule has 1 aromatic heterocycles. The molecule has 6 aromatic carbocycles. The van der Waals surface area contributed by atoms with Crippen LogP contribution < -0.4 is 36.6 Å². The molecule has 0 spiro atoms. The van der Waals surface area contributed by atoms with Crippen LogP contribution in [0.5, 0.6) is 5.75 Å². The number of benzene rings is 6. The molecule has 2 atom stereocenters. The number of halogens is 1. The maximum Gasteiger partial charge on any atom is 0.415 e. The Labute approximate surface area is 434 Å². The number of nitrogens with zero attached hydrogens (tertiary/aromatic N) is 3. The van der Waals surface area contributed by atoms with Gasteiger partial charge in [-0.2, -0.15) is 0 Å². The number of alkyl halides is 1. The second-order valence-electron chi connectivity index (χ2n) is 18.7. The smallest absolute Gasteiger partial charge is 0.415 e. The first kappa shape index (κ1) is 49.4. The van der Waals surface area contributed by atoms with E-state index in [1.165, 1.54) is 0 Å². The number of amides is 7. The van der Waals surface area contributed by atoms with E-state index < -0.39 is 36.1 Å². The SMILES string of the molecule is CN1CCN(C(=O)Oc2cc3c(c4ccccc24)[C@H](CBr)CN3C(=O)c2cc3cc(NC(=O)c4ccc(NC(=O)[C@H](CCCNC(N)=O)NC(=O)OCC5c6ccccc6-c6ccccc65)cc4)ccc3[nH]2)CC1. The lowest BCUT2D eigenvalue weighted by Gasteiger charge is -2.31. The van der Waals surface area contributed by atoms with Crippen molar-refractivity contribution in [2.75, 3.05) is 73.8 Å². The van der Waals surface area contributed by atoms with Gasteiger partial charge in [0.05, 0.1) is 5.69 Å². The van der Waals surface area contributed by atoms with E-state index in [1.807, 2.05) is 85.9 Å². The van der Waals surface area contributed by atoms with Gasteiger partial charge in [-0.15, -0.1) is 0 Å². The largest absolute Gasteiger partial charge is 0.449 e. The highest BCUT2D eigenvalue weighted by Crippen LogP contribution is 2.47. The number of H-pyrrole nitrogens is 1. The Bertz CT molecular complexity index is 3270. The van der Waals surface area contributed by atoms with E-state index in [0.29, 0.717) is 76.4 Å². The first-order valence-electron chi connectivity index (χ1n) is 24.5. The van der Waals surface area contributed by atoms with Gasteiger partial charge in [0.2, 0.25) is 5.91 Å². The molecular weight excluding hydrogens is 1010 g/mol. The molecule has 3 heterocycles. The van der Waals surface area contributed by atoms with Crippen LogP contribution in [-0.4, -0.2) is 115 Å². The number of hydrogen-bond donors (Lipinski definition) is 6. The molecule has 7 amide bonds. The van der Waals surface area contributed by atoms with E-state index >= 15 is 0 Å². The minimum Gasteiger partial charge on any atom is -0.449 e. The highest BCUT2D eigenvalue weighted by atomic mass is 79.9. The first-order chi connectivity index (χ1) is 35.9. The number of carbonyl (C=O) groups excluding carboxylic acids is 6. The van der Waals surface area contributed by atoms with E-state index in [-0.39, 0.29) is 37.3 Å². The third-order valence-electron chi connectivity index (χ3n) is 14.0. The Morgan fingerprint density at radius 2 is 1.46 bits per heavy atom. The van der Waals surface area contributed by atoms with Crippen molar-refractivity contribution in [1.29, 1.82) is 0 Å². The number of alkyl carbamates (subject to hydrolysis) is 1. The third kappa shape index (κ3) is 10.4. The van der Waals surface area contributed by atoms with Crippen molar-refractivity contribution in [3.8, 4) is 16.9 Å². The van der Waals surface area contributed by atoms with Crippen LogP contribution in [0.1, 0.15) is 62.2 Å². The van der Waals surface area contributed by atoms with Crippen molar-refractivity contribution in [2.24, 2.45) is 5.73 Å². The average molecular weight is 1060 g/mol. The number of likely N-dealkylation sites (N-methyl/N-ethyl adjacent to an activating group) is 1. The predicted molar refractivity (Wildman–Crippen MR) is 287 cm³/mol. The molecule has 0 unspecified atom stereocenters. The third-order valence-corrected chi connectivity index (χ3v) is 14.7. The summed E-state index contributed by atoms with van der Waals surface area (Å²) >= 11 is 3.69. The quantitative estimate of drug-likeness (QED) is 0.0452. The van der Waals surface area contributed by atoms with E-state index in [4.69, 9.17) is 15.2 Å². The summed E-state index contributed by atoms with van der Waals surface area (Å²) in [4.78, 5) is 88.5. The number of nitrogens with one attached hydrogen (secondary N) is 5. The number of piperazine rings is 1. The summed E-state index contributed by atoms with van der Waals surface area (Å²) < 4.78 is 11.8. The number of nitrogens with two attached hydrogens (primary N) is 1. The molecule has 3 aliphatic rings. The Kier molecular flexibility index (Phi) is 14.3. The topological polar surface area (TPSA) is 221 Å². The van der Waals surface area contributed by atoms with Gasteiger partial charge in [-0.1, -0.05) is 88.7 Å². The molecule has 0 bridgehead atoms. The maximum atomic E-state index is 14.5. The number of anilines is 3. The lowest BCUT2D eigenvalue weighted by molar-refractivity contribution is -0.118. The Balaban J connectivity index is 0.785. The Morgan fingerprint density at radius 3 is 2.16 bits per heavy atom. The van der Waals surface area contributed by atoms with E-state index in [2.05, 4.69) is 47.1 Å². The van der Waals surface area contributed by atoms with Crippen molar-refractivity contribution in [2.45, 2.75) is 30.7 Å². The van der Waals surface area contributed by atoms with Gasteiger partial charge in [0.1, 0.15) is 24.1 Å². The van der Waals surface area contributed by atoms with Crippen LogP contribution in [0.4, 0.5) is 31.4 Å². The van der Waals surface area contributed by atoms with Gasteiger partial charge in [0.25, 0.3) is 11.8 Å². The summed E-state index contributed by atoms with van der Waals surface area (Å²) in [6.07, 6.45) is -0.699. The number of aromatic amines is 1. The molecule has 1 saturated heterocycles. The zero-order valence-electron chi connectivity index (χ0n) is 40.5. The monoisotopic (exact) mass is 1060 g/mol. The fourth-order valence-corrected chi connectivity index (χ4v) is 10.7. The van der Waals surface area contributed by atoms with Gasteiger partial charge in [0.15, 0.2) is 0 Å². The van der Waals surface area contributed by atoms with Crippen molar-refractivity contribution in [3.05, 3.63) is 155 Å². The zero-order valence-corrected chi connectivity index (χ0v) is 42.1. The van der Waals surface area contributed by atoms with Crippen LogP contribution in [0.3, 0.4) is 0 Å². The molecule has 7 N–H and O–H groups in total. The van der Waals surface area contributed by atoms with Gasteiger partial charge in [-0.3, -0.25) is 14.4 Å². The van der Waals surface area contributed by atoms with Gasteiger partial charge < -0.3 is 56.2 Å². The van der Waals surface area contributed by atoms with Crippen LogP contribution in [0, 0.1) is 0 Å². The molecule has 17 nitrogen and oxygen atoms in total. The van der Waals surface area contributed by atoms with E-state index in [0.717, 1.165) is 51.7 Å². The molecule has 0 radical (unpaired) electrons. The van der Waals surface area contributed by atoms with Crippen molar-refractivity contribution in [1.82, 2.24) is 25.4 Å². The highest BCUT2D eigenvalue weighted by molar-refractivity contribution is 9.09. The number of ether oxygens (including phenoxy) is 2. The molecule has 7 aromatic rings. The van der Waals surface area contributed by atoms with Crippen molar-refractivity contribution < 1.29 is 38.2 Å². The molecule has 1 aliphatic carbocycles. The standard InChI is InChI=1S/C56H54BrN9O8/c1-64-23-25-65(26-24-64)56(72)74-49-29-48-50(43-14-7-6-13-42(43)49)35(30-57)31-66(48)53(69)47-28-34-27-37(20-21-45(34)62-47)61-51(67)33-16-18-36(19-17-33)60-52(68)46(15-8-22-59-54(58)70)63-55(71)73-32-44-40-11-4-2-9-38(40)39-10-3-5-12-41(39)44/h2-7,9-14,16-21,27-29,35,44,46,62H,8,15,22-26,30-32H2,1H3,(H,60,68)(H,61,67)(H,63,71)(H3,58,59,70)/t35-,46+/m1/s1. The van der Waals surface area contributed by atoms with Gasteiger partial charge in [-0.25, -0.2) is 14.4 Å². The number of carbonyl (C=O) groups is 6. The Morgan fingerprint density at radius 1 is 0.784 bits per heavy atom. The molecule has 0 saturated carbocycles. The average Bonchev–Trinajstić information content (AvgIpc) is 4.11. The fraction of sp³-hybridized carbons (Fsp3) is 0.250. The summed E-state index contributed by atoms with van der Waals surface area (Å²) in [6, 6.07) is 37.2. The lowest BCUT2D eigenvalue weighted by atomic mass is 9.95. The van der Waals surface area contributed by atoms with Crippen LogP contribution in [0.15, 0.2) is 127 Å². The minimum atomic E-state index is -1.03. The van der Waals surface area contributed by atoms with Gasteiger partial charge >= 0.3 is 18.2 Å². The van der Waals surface area contributed by atoms with Crippen LogP contribution in [-0.2, 0) is 9.53 Å². The molecule has 18 heteroatoms. The van der Waals surface area contributed by atoms with Crippen LogP contribution in [0.2, 0.25) is 0 Å². The summed E-state index contributed by atoms with van der Waals surface area (Å²) in [6.45, 7) is 3.30. The molecule has 74 heavy (non-hydrogen) atoms. The number of aromatic nitrogens is 1. The van der Waals surface area contributed by atoms with E-state index in [1.54, 1.807) is 58.3 Å². The molecule has 2 aliphatic heterocycles. The number of fused-ring (bicyclic) bond motifs is 7. The molecule has 1 fully saturated rings. The normalized spacial score (nSPS) is 15.5. The fourth-order valence-electron chi connectivity index (χ4n) is 10.1. The summed E-state index contributed by atoms with van der Waals surface area (Å²) in [5.41, 5.74) is 13.4. The van der Waals surface area contributed by atoms with Crippen LogP contribution in [0.25, 0.3) is 32.8 Å². The highest BCUT2D eigenvalue weighted by Gasteiger charge is 2.36. The van der Waals surface area contributed by atoms with E-state index in [9.17, 15) is 28.8 Å². The van der Waals surface area contributed by atoms with Gasteiger partial charge in [0, 0.05) is 95.7 Å². The summed E-state index contributed by atoms with van der Waals surface area (Å²) in [5.74, 6) is -0.980. The number of hydrogen-bond acceptors (Lipinski definition) is 9.